The summed E-state index contributed by atoms with van der Waals surface area (Å²) in [5.41, 5.74) is 4.40. The fourth-order valence-electron chi connectivity index (χ4n) is 3.58. The topological polar surface area (TPSA) is 44.1 Å². The lowest BCUT2D eigenvalue weighted by Gasteiger charge is -2.16. The molecule has 0 aliphatic carbocycles. The van der Waals surface area contributed by atoms with Gasteiger partial charge in [0.1, 0.15) is 12.4 Å². The lowest BCUT2D eigenvalue weighted by Crippen LogP contribution is -2.20. The summed E-state index contributed by atoms with van der Waals surface area (Å²) in [5.74, 6) is 1.36. The van der Waals surface area contributed by atoms with Crippen LogP contribution in [0.5, 0.6) is 0 Å². The molecule has 1 aromatic heterocycles. The Morgan fingerprint density at radius 1 is 1.00 bits per heavy atom. The highest BCUT2D eigenvalue weighted by atomic mass is 16.5. The Morgan fingerprint density at radius 3 is 2.32 bits per heavy atom. The van der Waals surface area contributed by atoms with Gasteiger partial charge >= 0.3 is 5.97 Å². The quantitative estimate of drug-likeness (QED) is 0.521. The maximum Gasteiger partial charge on any atom is 0.326 e. The summed E-state index contributed by atoms with van der Waals surface area (Å²) in [6.45, 7) is 10.5. The van der Waals surface area contributed by atoms with E-state index in [1.807, 2.05) is 42.7 Å². The maximum atomic E-state index is 12.4. The van der Waals surface area contributed by atoms with Gasteiger partial charge in [0.25, 0.3) is 0 Å². The van der Waals surface area contributed by atoms with Crippen LogP contribution in [-0.4, -0.2) is 21.6 Å². The number of carbonyl (C=O) groups is 1. The molecule has 1 unspecified atom stereocenters. The number of fused-ring (bicyclic) bond motifs is 1. The van der Waals surface area contributed by atoms with Gasteiger partial charge in [-0.3, -0.25) is 4.79 Å². The van der Waals surface area contributed by atoms with Crippen LogP contribution in [0.15, 0.2) is 48.5 Å². The van der Waals surface area contributed by atoms with Crippen molar-refractivity contribution in [1.29, 1.82) is 0 Å². The molecular weight excluding hydrogens is 348 g/mol. The Balaban J connectivity index is 1.94. The number of imidazole rings is 1. The number of esters is 1. The van der Waals surface area contributed by atoms with Crippen molar-refractivity contribution < 1.29 is 9.53 Å². The third-order valence-corrected chi connectivity index (χ3v) is 4.85. The Morgan fingerprint density at radius 2 is 1.68 bits per heavy atom. The minimum atomic E-state index is -0.237. The van der Waals surface area contributed by atoms with Crippen LogP contribution < -0.4 is 0 Å². The standard InChI is InChI=1S/C24H30N2O2/c1-16(2)14-19-10-12-20(13-11-19)18(5)24-25-21-8-6-7-9-22(21)26(24)15-23(27)28-17(3)4/h6-13,16-18H,14-15H2,1-5H3. The monoisotopic (exact) mass is 378 g/mol. The van der Waals surface area contributed by atoms with Crippen LogP contribution in [0.3, 0.4) is 0 Å². The molecule has 0 fully saturated rings. The van der Waals surface area contributed by atoms with Gasteiger partial charge in [-0.05, 0) is 49.4 Å². The molecular formula is C24H30N2O2. The average Bonchev–Trinajstić information content (AvgIpc) is 2.99. The summed E-state index contributed by atoms with van der Waals surface area (Å²) < 4.78 is 7.37. The Hall–Kier alpha value is -2.62. The van der Waals surface area contributed by atoms with Gasteiger partial charge in [-0.25, -0.2) is 4.98 Å². The molecule has 1 atom stereocenters. The number of carbonyl (C=O) groups excluding carboxylic acids is 1. The molecule has 148 valence electrons. The molecule has 3 aromatic rings. The second-order valence-corrected chi connectivity index (χ2v) is 8.14. The molecule has 28 heavy (non-hydrogen) atoms. The largest absolute Gasteiger partial charge is 0.462 e. The molecule has 0 radical (unpaired) electrons. The summed E-state index contributed by atoms with van der Waals surface area (Å²) in [6.07, 6.45) is 0.950. The van der Waals surface area contributed by atoms with Crippen LogP contribution in [0.1, 0.15) is 57.5 Å². The predicted octanol–water partition coefficient (Wildman–Crippen LogP) is 5.34. The van der Waals surface area contributed by atoms with Gasteiger partial charge in [-0.2, -0.15) is 0 Å². The van der Waals surface area contributed by atoms with E-state index in [4.69, 9.17) is 9.72 Å². The zero-order valence-electron chi connectivity index (χ0n) is 17.5. The number of ether oxygens (including phenoxy) is 1. The first-order chi connectivity index (χ1) is 13.3. The van der Waals surface area contributed by atoms with Gasteiger partial charge in [-0.15, -0.1) is 0 Å². The van der Waals surface area contributed by atoms with Crippen molar-refractivity contribution in [3.05, 3.63) is 65.5 Å². The number of benzene rings is 2. The highest BCUT2D eigenvalue weighted by Gasteiger charge is 2.20. The smallest absolute Gasteiger partial charge is 0.326 e. The molecule has 3 rings (SSSR count). The fraction of sp³-hybridized carbons (Fsp3) is 0.417. The SMILES string of the molecule is CC(C)Cc1ccc(C(C)c2nc3ccccc3n2CC(=O)OC(C)C)cc1. The van der Waals surface area contributed by atoms with Crippen molar-refractivity contribution in [3.8, 4) is 0 Å². The van der Waals surface area contributed by atoms with Crippen molar-refractivity contribution in [2.24, 2.45) is 5.92 Å². The molecule has 0 spiro atoms. The van der Waals surface area contributed by atoms with E-state index in [0.717, 1.165) is 23.3 Å². The van der Waals surface area contributed by atoms with Gasteiger partial charge < -0.3 is 9.30 Å². The molecule has 0 bridgehead atoms. The molecule has 1 heterocycles. The zero-order chi connectivity index (χ0) is 20.3. The van der Waals surface area contributed by atoms with Crippen LogP contribution in [0.25, 0.3) is 11.0 Å². The molecule has 0 saturated carbocycles. The van der Waals surface area contributed by atoms with Gasteiger partial charge in [0, 0.05) is 5.92 Å². The lowest BCUT2D eigenvalue weighted by atomic mass is 9.96. The van der Waals surface area contributed by atoms with Crippen molar-refractivity contribution in [1.82, 2.24) is 9.55 Å². The van der Waals surface area contributed by atoms with Gasteiger partial charge in [-0.1, -0.05) is 57.2 Å². The molecule has 0 saturated heterocycles. The van der Waals surface area contributed by atoms with Crippen LogP contribution in [0.2, 0.25) is 0 Å². The lowest BCUT2D eigenvalue weighted by molar-refractivity contribution is -0.148. The van der Waals surface area contributed by atoms with Crippen molar-refractivity contribution >= 4 is 17.0 Å². The van der Waals surface area contributed by atoms with Crippen LogP contribution >= 0.6 is 0 Å². The van der Waals surface area contributed by atoms with Crippen LogP contribution in [-0.2, 0) is 22.5 Å². The van der Waals surface area contributed by atoms with E-state index in [9.17, 15) is 4.79 Å². The van der Waals surface area contributed by atoms with E-state index in [1.165, 1.54) is 11.1 Å². The van der Waals surface area contributed by atoms with E-state index in [-0.39, 0.29) is 24.5 Å². The number of aromatic nitrogens is 2. The number of hydrogen-bond acceptors (Lipinski definition) is 3. The highest BCUT2D eigenvalue weighted by molar-refractivity contribution is 5.79. The maximum absolute atomic E-state index is 12.4. The average molecular weight is 379 g/mol. The Labute approximate surface area is 167 Å². The normalized spacial score (nSPS) is 12.7. The molecule has 4 heteroatoms. The summed E-state index contributed by atoms with van der Waals surface area (Å²) in [5, 5.41) is 0. The molecule has 4 nitrogen and oxygen atoms in total. The minimum absolute atomic E-state index is 0.0762. The van der Waals surface area contributed by atoms with E-state index in [1.54, 1.807) is 0 Å². The molecule has 0 aliphatic rings. The van der Waals surface area contributed by atoms with E-state index in [0.29, 0.717) is 5.92 Å². The Kier molecular flexibility index (Phi) is 6.18. The summed E-state index contributed by atoms with van der Waals surface area (Å²) in [6, 6.07) is 16.7. The molecule has 2 aromatic carbocycles. The number of rotatable bonds is 7. The van der Waals surface area contributed by atoms with Crippen LogP contribution in [0, 0.1) is 5.92 Å². The zero-order valence-corrected chi connectivity index (χ0v) is 17.5. The second kappa shape index (κ2) is 8.59. The van der Waals surface area contributed by atoms with Gasteiger partial charge in [0.15, 0.2) is 0 Å². The summed E-state index contributed by atoms with van der Waals surface area (Å²) in [4.78, 5) is 17.2. The third-order valence-electron chi connectivity index (χ3n) is 4.85. The number of hydrogen-bond donors (Lipinski definition) is 0. The van der Waals surface area contributed by atoms with Crippen molar-refractivity contribution in [2.45, 2.75) is 59.6 Å². The molecule has 0 N–H and O–H groups in total. The van der Waals surface area contributed by atoms with Crippen molar-refractivity contribution in [3.63, 3.8) is 0 Å². The first-order valence-corrected chi connectivity index (χ1v) is 10.1. The fourth-order valence-corrected chi connectivity index (χ4v) is 3.58. The number of nitrogens with zero attached hydrogens (tertiary/aromatic N) is 2. The molecule has 0 aliphatic heterocycles. The van der Waals surface area contributed by atoms with E-state index in [2.05, 4.69) is 45.0 Å². The van der Waals surface area contributed by atoms with E-state index >= 15 is 0 Å². The van der Waals surface area contributed by atoms with Crippen molar-refractivity contribution in [2.75, 3.05) is 0 Å². The number of para-hydroxylation sites is 2. The van der Waals surface area contributed by atoms with Gasteiger partial charge in [0.05, 0.1) is 17.1 Å². The highest BCUT2D eigenvalue weighted by Crippen LogP contribution is 2.28. The predicted molar refractivity (Wildman–Crippen MR) is 113 cm³/mol. The van der Waals surface area contributed by atoms with E-state index < -0.39 is 0 Å². The minimum Gasteiger partial charge on any atom is -0.462 e. The first-order valence-electron chi connectivity index (χ1n) is 10.1. The third kappa shape index (κ3) is 4.61. The first kappa shape index (κ1) is 20.1. The van der Waals surface area contributed by atoms with Gasteiger partial charge in [0.2, 0.25) is 0 Å². The second-order valence-electron chi connectivity index (χ2n) is 8.14. The Bertz CT molecular complexity index is 939. The molecule has 0 amide bonds. The van der Waals surface area contributed by atoms with Crippen LogP contribution in [0.4, 0.5) is 0 Å². The summed E-state index contributed by atoms with van der Waals surface area (Å²) >= 11 is 0. The summed E-state index contributed by atoms with van der Waals surface area (Å²) in [7, 11) is 0.